The van der Waals surface area contributed by atoms with E-state index < -0.39 is 0 Å². The van der Waals surface area contributed by atoms with Gasteiger partial charge >= 0.3 is 0 Å². The van der Waals surface area contributed by atoms with Crippen LogP contribution in [0.3, 0.4) is 0 Å². The summed E-state index contributed by atoms with van der Waals surface area (Å²) < 4.78 is 0. The first-order valence-electron chi connectivity index (χ1n) is 9.07. The number of hydrogen-bond acceptors (Lipinski definition) is 2. The molecule has 0 unspecified atom stereocenters. The quantitative estimate of drug-likeness (QED) is 0.821. The van der Waals surface area contributed by atoms with Crippen molar-refractivity contribution in [3.8, 4) is 5.75 Å². The van der Waals surface area contributed by atoms with E-state index in [0.29, 0.717) is 11.8 Å². The van der Waals surface area contributed by atoms with E-state index in [1.54, 1.807) is 0 Å². The SMILES string of the molecule is Oc1c(C=NC2CC2)cccc1C12CC3CC(CC(C3)C1)C2. The van der Waals surface area contributed by atoms with Crippen molar-refractivity contribution in [3.63, 3.8) is 0 Å². The standard InChI is InChI=1S/C20H25NO/c22-19-16(12-21-17-4-5-17)2-1-3-18(19)20-9-13-6-14(10-20)8-15(7-13)11-20/h1-3,12-15,17,22H,4-11H2. The number of nitrogens with zero attached hydrogens (tertiary/aromatic N) is 1. The van der Waals surface area contributed by atoms with Gasteiger partial charge in [-0.25, -0.2) is 0 Å². The van der Waals surface area contributed by atoms with E-state index in [-0.39, 0.29) is 5.41 Å². The van der Waals surface area contributed by atoms with Crippen molar-refractivity contribution in [1.29, 1.82) is 0 Å². The van der Waals surface area contributed by atoms with Gasteiger partial charge in [-0.1, -0.05) is 12.1 Å². The van der Waals surface area contributed by atoms with Gasteiger partial charge in [0.05, 0.1) is 6.04 Å². The highest BCUT2D eigenvalue weighted by atomic mass is 16.3. The van der Waals surface area contributed by atoms with Crippen LogP contribution in [0.2, 0.25) is 0 Å². The molecular formula is C20H25NO. The Bertz CT molecular complexity index is 593. The Kier molecular flexibility index (Phi) is 2.75. The van der Waals surface area contributed by atoms with Crippen LogP contribution in [0, 0.1) is 17.8 Å². The van der Waals surface area contributed by atoms with E-state index in [1.807, 2.05) is 12.3 Å². The second-order valence-electron chi connectivity index (χ2n) is 8.45. The van der Waals surface area contributed by atoms with E-state index in [1.165, 1.54) is 56.9 Å². The van der Waals surface area contributed by atoms with Gasteiger partial charge in [0.1, 0.15) is 5.75 Å². The number of hydrogen-bond donors (Lipinski definition) is 1. The minimum atomic E-state index is 0.266. The van der Waals surface area contributed by atoms with Gasteiger partial charge in [0, 0.05) is 17.3 Å². The van der Waals surface area contributed by atoms with Gasteiger partial charge in [-0.05, 0) is 80.6 Å². The molecule has 2 nitrogen and oxygen atoms in total. The van der Waals surface area contributed by atoms with Gasteiger partial charge < -0.3 is 5.11 Å². The zero-order valence-electron chi connectivity index (χ0n) is 13.2. The summed E-state index contributed by atoms with van der Waals surface area (Å²) >= 11 is 0. The van der Waals surface area contributed by atoms with Crippen LogP contribution < -0.4 is 0 Å². The maximum Gasteiger partial charge on any atom is 0.128 e. The lowest BCUT2D eigenvalue weighted by Gasteiger charge is -2.57. The first-order chi connectivity index (χ1) is 10.7. The molecule has 5 saturated carbocycles. The van der Waals surface area contributed by atoms with Crippen molar-refractivity contribution in [2.75, 3.05) is 0 Å². The molecular weight excluding hydrogens is 270 g/mol. The molecule has 1 aromatic rings. The van der Waals surface area contributed by atoms with Crippen LogP contribution in [0.25, 0.3) is 0 Å². The third kappa shape index (κ3) is 2.03. The predicted molar refractivity (Wildman–Crippen MR) is 88.6 cm³/mol. The van der Waals surface area contributed by atoms with Gasteiger partial charge in [0.25, 0.3) is 0 Å². The Labute approximate surface area is 132 Å². The number of aromatic hydroxyl groups is 1. The molecule has 5 aliphatic carbocycles. The smallest absolute Gasteiger partial charge is 0.128 e. The summed E-state index contributed by atoms with van der Waals surface area (Å²) in [5.74, 6) is 3.26. The summed E-state index contributed by atoms with van der Waals surface area (Å²) in [6.07, 6.45) is 12.6. The molecule has 0 aliphatic heterocycles. The van der Waals surface area contributed by atoms with Gasteiger partial charge in [0.2, 0.25) is 0 Å². The normalized spacial score (nSPS) is 39.7. The molecule has 0 radical (unpaired) electrons. The average molecular weight is 295 g/mol. The zero-order chi connectivity index (χ0) is 14.7. The second kappa shape index (κ2) is 4.59. The average Bonchev–Trinajstić information content (AvgIpc) is 3.29. The third-order valence-corrected chi connectivity index (χ3v) is 6.65. The molecule has 5 fully saturated rings. The fourth-order valence-corrected chi connectivity index (χ4v) is 5.94. The van der Waals surface area contributed by atoms with Crippen molar-refractivity contribution in [2.45, 2.75) is 62.8 Å². The molecule has 22 heavy (non-hydrogen) atoms. The van der Waals surface area contributed by atoms with E-state index in [0.717, 1.165) is 23.3 Å². The van der Waals surface area contributed by atoms with Crippen LogP contribution in [0.5, 0.6) is 5.75 Å². The number of rotatable bonds is 3. The van der Waals surface area contributed by atoms with E-state index in [9.17, 15) is 5.11 Å². The van der Waals surface area contributed by atoms with Gasteiger partial charge in [-0.2, -0.15) is 0 Å². The number of phenolic OH excluding ortho intramolecular Hbond substituents is 1. The molecule has 4 bridgehead atoms. The summed E-state index contributed by atoms with van der Waals surface area (Å²) in [5.41, 5.74) is 2.42. The minimum Gasteiger partial charge on any atom is -0.507 e. The fraction of sp³-hybridized carbons (Fsp3) is 0.650. The Hall–Kier alpha value is -1.31. The first kappa shape index (κ1) is 13.2. The molecule has 1 aromatic carbocycles. The van der Waals surface area contributed by atoms with Gasteiger partial charge in [-0.15, -0.1) is 0 Å². The summed E-state index contributed by atoms with van der Waals surface area (Å²) in [6.45, 7) is 0. The lowest BCUT2D eigenvalue weighted by molar-refractivity contribution is -0.00613. The molecule has 6 rings (SSSR count). The fourth-order valence-electron chi connectivity index (χ4n) is 5.94. The third-order valence-electron chi connectivity index (χ3n) is 6.65. The highest BCUT2D eigenvalue weighted by molar-refractivity contribution is 5.84. The van der Waals surface area contributed by atoms with E-state index in [4.69, 9.17) is 0 Å². The number of phenols is 1. The molecule has 0 atom stereocenters. The highest BCUT2D eigenvalue weighted by Crippen LogP contribution is 2.61. The lowest BCUT2D eigenvalue weighted by atomic mass is 9.48. The largest absolute Gasteiger partial charge is 0.507 e. The first-order valence-corrected chi connectivity index (χ1v) is 9.07. The number of para-hydroxylation sites is 1. The Balaban J connectivity index is 1.53. The summed E-state index contributed by atoms with van der Waals surface area (Å²) in [5, 5.41) is 10.9. The van der Waals surface area contributed by atoms with Crippen molar-refractivity contribution in [1.82, 2.24) is 0 Å². The predicted octanol–water partition coefficient (Wildman–Crippen LogP) is 4.44. The molecule has 2 heteroatoms. The molecule has 0 spiro atoms. The molecule has 5 aliphatic rings. The topological polar surface area (TPSA) is 32.6 Å². The highest BCUT2D eigenvalue weighted by Gasteiger charge is 2.52. The van der Waals surface area contributed by atoms with Crippen molar-refractivity contribution >= 4 is 6.21 Å². The maximum atomic E-state index is 10.9. The van der Waals surface area contributed by atoms with Crippen LogP contribution in [0.1, 0.15) is 62.5 Å². The molecule has 0 amide bonds. The number of aliphatic imine (C=N–C) groups is 1. The minimum absolute atomic E-state index is 0.266. The lowest BCUT2D eigenvalue weighted by Crippen LogP contribution is -2.48. The van der Waals surface area contributed by atoms with E-state index in [2.05, 4.69) is 17.1 Å². The number of benzene rings is 1. The Morgan fingerprint density at radius 2 is 1.64 bits per heavy atom. The molecule has 0 aromatic heterocycles. The summed E-state index contributed by atoms with van der Waals surface area (Å²) in [6, 6.07) is 6.85. The van der Waals surface area contributed by atoms with Crippen molar-refractivity contribution in [2.24, 2.45) is 22.7 Å². The van der Waals surface area contributed by atoms with Crippen LogP contribution in [0.4, 0.5) is 0 Å². The monoisotopic (exact) mass is 295 g/mol. The van der Waals surface area contributed by atoms with Crippen LogP contribution in [0.15, 0.2) is 23.2 Å². The van der Waals surface area contributed by atoms with Crippen LogP contribution >= 0.6 is 0 Å². The van der Waals surface area contributed by atoms with Crippen LogP contribution in [-0.2, 0) is 5.41 Å². The molecule has 0 heterocycles. The summed E-state index contributed by atoms with van der Waals surface area (Å²) in [4.78, 5) is 4.57. The van der Waals surface area contributed by atoms with Crippen molar-refractivity contribution in [3.05, 3.63) is 29.3 Å². The van der Waals surface area contributed by atoms with Crippen molar-refractivity contribution < 1.29 is 5.11 Å². The van der Waals surface area contributed by atoms with Gasteiger partial charge in [-0.3, -0.25) is 4.99 Å². The Morgan fingerprint density at radius 1 is 1.00 bits per heavy atom. The molecule has 1 N–H and O–H groups in total. The molecule has 0 saturated heterocycles. The Morgan fingerprint density at radius 3 is 2.23 bits per heavy atom. The van der Waals surface area contributed by atoms with Crippen LogP contribution in [-0.4, -0.2) is 17.4 Å². The summed E-state index contributed by atoms with van der Waals surface area (Å²) in [7, 11) is 0. The maximum absolute atomic E-state index is 10.9. The second-order valence-corrected chi connectivity index (χ2v) is 8.45. The van der Waals surface area contributed by atoms with E-state index >= 15 is 0 Å². The molecule has 116 valence electrons. The van der Waals surface area contributed by atoms with Gasteiger partial charge in [0.15, 0.2) is 0 Å². The zero-order valence-corrected chi connectivity index (χ0v) is 13.2.